The lowest BCUT2D eigenvalue weighted by molar-refractivity contribution is 0.102. The maximum absolute atomic E-state index is 13.4. The molecule has 0 radical (unpaired) electrons. The van der Waals surface area contributed by atoms with Gasteiger partial charge in [0.1, 0.15) is 5.75 Å². The Labute approximate surface area is 223 Å². The van der Waals surface area contributed by atoms with Gasteiger partial charge in [-0.2, -0.15) is 0 Å². The Morgan fingerprint density at radius 3 is 1.84 bits per heavy atom. The molecule has 0 saturated carbocycles. The van der Waals surface area contributed by atoms with Gasteiger partial charge >= 0.3 is 0 Å². The number of aryl methyl sites for hydroxylation is 2. The van der Waals surface area contributed by atoms with Gasteiger partial charge in [-0.3, -0.25) is 9.52 Å². The first kappa shape index (κ1) is 26.8. The first-order valence-corrected chi connectivity index (χ1v) is 13.6. The van der Waals surface area contributed by atoms with Crippen molar-refractivity contribution in [2.45, 2.75) is 32.6 Å². The molecule has 0 saturated heterocycles. The molecule has 0 aliphatic carbocycles. The number of amides is 1. The van der Waals surface area contributed by atoms with Crippen molar-refractivity contribution >= 4 is 38.7 Å². The predicted molar refractivity (Wildman–Crippen MR) is 153 cm³/mol. The maximum Gasteiger partial charge on any atom is 0.262 e. The number of ether oxygens (including phenoxy) is 1. The van der Waals surface area contributed by atoms with Crippen LogP contribution in [0.15, 0.2) is 83.8 Å². The van der Waals surface area contributed by atoms with Crippen molar-refractivity contribution in [2.24, 2.45) is 0 Å². The Morgan fingerprint density at radius 1 is 0.737 bits per heavy atom. The summed E-state index contributed by atoms with van der Waals surface area (Å²) in [6.45, 7) is 7.37. The molecule has 0 spiro atoms. The fraction of sp³-hybridized carbons (Fsp3) is 0.167. The third-order valence-corrected chi connectivity index (χ3v) is 8.14. The molecule has 4 aromatic rings. The van der Waals surface area contributed by atoms with Gasteiger partial charge in [0.15, 0.2) is 0 Å². The maximum atomic E-state index is 13.4. The number of hydrogen-bond acceptors (Lipinski definition) is 5. The number of para-hydroxylation sites is 1. The summed E-state index contributed by atoms with van der Waals surface area (Å²) in [6.07, 6.45) is 0. The molecule has 0 atom stereocenters. The molecule has 38 heavy (non-hydrogen) atoms. The first-order valence-electron chi connectivity index (χ1n) is 12.1. The fourth-order valence-electron chi connectivity index (χ4n) is 4.23. The topological polar surface area (TPSA) is 96.5 Å². The van der Waals surface area contributed by atoms with E-state index in [4.69, 9.17) is 4.74 Å². The van der Waals surface area contributed by atoms with Gasteiger partial charge < -0.3 is 15.4 Å². The van der Waals surface area contributed by atoms with E-state index in [9.17, 15) is 13.2 Å². The van der Waals surface area contributed by atoms with Gasteiger partial charge in [0.2, 0.25) is 0 Å². The largest absolute Gasteiger partial charge is 0.497 e. The molecule has 1 amide bonds. The van der Waals surface area contributed by atoms with Crippen molar-refractivity contribution in [2.75, 3.05) is 22.5 Å². The molecule has 0 heterocycles. The molecule has 0 fully saturated rings. The van der Waals surface area contributed by atoms with Crippen LogP contribution in [0.4, 0.5) is 22.7 Å². The van der Waals surface area contributed by atoms with Crippen molar-refractivity contribution in [1.29, 1.82) is 0 Å². The Balaban J connectivity index is 1.52. The zero-order valence-electron chi connectivity index (χ0n) is 22.0. The van der Waals surface area contributed by atoms with Gasteiger partial charge in [-0.1, -0.05) is 18.2 Å². The van der Waals surface area contributed by atoms with Crippen LogP contribution in [0.1, 0.15) is 32.6 Å². The van der Waals surface area contributed by atoms with Gasteiger partial charge in [0, 0.05) is 17.1 Å². The second kappa shape index (κ2) is 11.0. The number of nitrogens with one attached hydrogen (secondary N) is 3. The highest BCUT2D eigenvalue weighted by atomic mass is 32.2. The highest BCUT2D eigenvalue weighted by Gasteiger charge is 2.24. The minimum Gasteiger partial charge on any atom is -0.497 e. The van der Waals surface area contributed by atoms with Crippen molar-refractivity contribution in [3.8, 4) is 5.75 Å². The number of carbonyl (C=O) groups is 1. The summed E-state index contributed by atoms with van der Waals surface area (Å²) in [5.41, 5.74) is 5.91. The van der Waals surface area contributed by atoms with Crippen molar-refractivity contribution in [3.05, 3.63) is 107 Å². The second-order valence-electron chi connectivity index (χ2n) is 9.13. The number of methoxy groups -OCH3 is 1. The van der Waals surface area contributed by atoms with E-state index in [1.807, 2.05) is 56.3 Å². The molecule has 7 nitrogen and oxygen atoms in total. The summed E-state index contributed by atoms with van der Waals surface area (Å²) in [5, 5.41) is 6.14. The molecule has 0 unspecified atom stereocenters. The van der Waals surface area contributed by atoms with Crippen molar-refractivity contribution in [3.63, 3.8) is 0 Å². The van der Waals surface area contributed by atoms with E-state index in [0.29, 0.717) is 16.8 Å². The first-order chi connectivity index (χ1) is 18.1. The summed E-state index contributed by atoms with van der Waals surface area (Å²) in [5.74, 6) is 0.350. The van der Waals surface area contributed by atoms with E-state index in [1.165, 1.54) is 0 Å². The molecule has 0 aromatic heterocycles. The Bertz CT molecular complexity index is 1550. The fourth-order valence-corrected chi connectivity index (χ4v) is 5.92. The van der Waals surface area contributed by atoms with Gasteiger partial charge in [0.25, 0.3) is 15.9 Å². The highest BCUT2D eigenvalue weighted by Crippen LogP contribution is 2.29. The smallest absolute Gasteiger partial charge is 0.262 e. The summed E-state index contributed by atoms with van der Waals surface area (Å²) in [7, 11) is -2.31. The molecule has 4 aromatic carbocycles. The van der Waals surface area contributed by atoms with Crippen LogP contribution in [-0.4, -0.2) is 21.4 Å². The van der Waals surface area contributed by atoms with E-state index in [0.717, 1.165) is 28.3 Å². The normalized spacial score (nSPS) is 11.1. The second-order valence-corrected chi connectivity index (χ2v) is 10.7. The van der Waals surface area contributed by atoms with Crippen LogP contribution >= 0.6 is 0 Å². The average molecular weight is 530 g/mol. The van der Waals surface area contributed by atoms with Crippen LogP contribution in [0, 0.1) is 27.7 Å². The zero-order valence-corrected chi connectivity index (χ0v) is 22.9. The zero-order chi connectivity index (χ0) is 27.4. The molecule has 4 rings (SSSR count). The van der Waals surface area contributed by atoms with E-state index >= 15 is 0 Å². The van der Waals surface area contributed by atoms with Crippen LogP contribution in [0.25, 0.3) is 0 Å². The number of sulfonamides is 1. The Kier molecular flexibility index (Phi) is 7.73. The van der Waals surface area contributed by atoms with Crippen LogP contribution in [0.2, 0.25) is 0 Å². The highest BCUT2D eigenvalue weighted by molar-refractivity contribution is 7.92. The predicted octanol–water partition coefficient (Wildman–Crippen LogP) is 6.73. The van der Waals surface area contributed by atoms with Crippen LogP contribution in [0.5, 0.6) is 5.75 Å². The third-order valence-electron chi connectivity index (χ3n) is 6.50. The van der Waals surface area contributed by atoms with Crippen LogP contribution in [0.3, 0.4) is 0 Å². The van der Waals surface area contributed by atoms with Crippen molar-refractivity contribution in [1.82, 2.24) is 0 Å². The third kappa shape index (κ3) is 5.81. The minimum atomic E-state index is -3.93. The molecule has 3 N–H and O–H groups in total. The van der Waals surface area contributed by atoms with Crippen LogP contribution < -0.4 is 20.1 Å². The lowest BCUT2D eigenvalue weighted by Crippen LogP contribution is -2.20. The number of rotatable bonds is 8. The van der Waals surface area contributed by atoms with Gasteiger partial charge in [-0.05, 0) is 111 Å². The molecule has 0 aliphatic rings. The monoisotopic (exact) mass is 529 g/mol. The lowest BCUT2D eigenvalue weighted by Gasteiger charge is -2.18. The van der Waals surface area contributed by atoms with E-state index in [2.05, 4.69) is 15.4 Å². The van der Waals surface area contributed by atoms with Crippen molar-refractivity contribution < 1.29 is 17.9 Å². The number of benzene rings is 4. The van der Waals surface area contributed by atoms with Crippen LogP contribution in [-0.2, 0) is 10.0 Å². The van der Waals surface area contributed by atoms with Gasteiger partial charge in [0.05, 0.1) is 23.3 Å². The number of hydrogen-bond donors (Lipinski definition) is 3. The quantitative estimate of drug-likeness (QED) is 0.235. The number of carbonyl (C=O) groups excluding carboxylic acids is 1. The molecule has 196 valence electrons. The lowest BCUT2D eigenvalue weighted by atomic mass is 10.0. The minimum absolute atomic E-state index is 0.209. The van der Waals surface area contributed by atoms with E-state index in [-0.39, 0.29) is 16.1 Å². The molecule has 0 bridgehead atoms. The molecular weight excluding hydrogens is 498 g/mol. The Hall–Kier alpha value is -4.30. The number of anilines is 4. The standard InChI is InChI=1S/C30H31N3O4S/c1-19-18-20(2)22(4)29(21(19)3)38(35,36)33-28-9-7-6-8-27(28)30(34)32-25-12-10-23(11-13-25)31-24-14-16-26(37-5)17-15-24/h6-18,31,33H,1-5H3,(H,32,34). The Morgan fingerprint density at radius 2 is 1.26 bits per heavy atom. The molecule has 0 aliphatic heterocycles. The van der Waals surface area contributed by atoms with Gasteiger partial charge in [-0.15, -0.1) is 0 Å². The molecular formula is C30H31N3O4S. The summed E-state index contributed by atoms with van der Waals surface area (Å²) in [4.78, 5) is 13.4. The average Bonchev–Trinajstić information content (AvgIpc) is 2.89. The van der Waals surface area contributed by atoms with Gasteiger partial charge in [-0.25, -0.2) is 8.42 Å². The summed E-state index contributed by atoms with van der Waals surface area (Å²) < 4.78 is 34.7. The summed E-state index contributed by atoms with van der Waals surface area (Å²) >= 11 is 0. The molecule has 8 heteroatoms. The SMILES string of the molecule is COc1ccc(Nc2ccc(NC(=O)c3ccccc3NS(=O)(=O)c3c(C)c(C)cc(C)c3C)cc2)cc1. The van der Waals surface area contributed by atoms with E-state index in [1.54, 1.807) is 57.4 Å². The summed E-state index contributed by atoms with van der Waals surface area (Å²) in [6, 6.07) is 23.3. The van der Waals surface area contributed by atoms with E-state index < -0.39 is 15.9 Å².